The predicted molar refractivity (Wildman–Crippen MR) is 150 cm³/mol. The van der Waals surface area contributed by atoms with Crippen molar-refractivity contribution >= 4 is 16.0 Å². The van der Waals surface area contributed by atoms with Gasteiger partial charge in [0.25, 0.3) is 0 Å². The molecule has 9 heteroatoms. The zero-order chi connectivity index (χ0) is 28.3. The molecular formula is C30H36N2O6S. The molecule has 208 valence electrons. The maximum atomic E-state index is 13.8. The lowest BCUT2D eigenvalue weighted by Gasteiger charge is -2.37. The number of carboxylic acid groups (broad SMARTS) is 1. The van der Waals surface area contributed by atoms with E-state index in [1.807, 2.05) is 45.2 Å². The van der Waals surface area contributed by atoms with Gasteiger partial charge < -0.3 is 14.9 Å². The Hall–Kier alpha value is -3.24. The molecule has 2 N–H and O–H groups in total. The lowest BCUT2D eigenvalue weighted by Crippen LogP contribution is -2.49. The molecule has 1 aliphatic rings. The highest BCUT2D eigenvalue weighted by Gasteiger charge is 2.38. The number of aliphatic hydroxyl groups is 1. The van der Waals surface area contributed by atoms with E-state index in [0.717, 1.165) is 22.3 Å². The molecular weight excluding hydrogens is 516 g/mol. The summed E-state index contributed by atoms with van der Waals surface area (Å²) in [5.74, 6) is -0.852. The number of aromatic carboxylic acids is 1. The highest BCUT2D eigenvalue weighted by Crippen LogP contribution is 2.37. The van der Waals surface area contributed by atoms with Crippen LogP contribution in [0.2, 0.25) is 0 Å². The molecule has 3 atom stereocenters. The van der Waals surface area contributed by atoms with Crippen LogP contribution in [0.4, 0.5) is 0 Å². The molecule has 0 radical (unpaired) electrons. The number of carboxylic acids is 1. The second kappa shape index (κ2) is 11.9. The highest BCUT2D eigenvalue weighted by molar-refractivity contribution is 7.89. The number of benzene rings is 3. The highest BCUT2D eigenvalue weighted by atomic mass is 32.2. The van der Waals surface area contributed by atoms with Gasteiger partial charge in [0, 0.05) is 31.6 Å². The number of nitrogens with zero attached hydrogens (tertiary/aromatic N) is 2. The number of likely N-dealkylation sites (N-methyl/N-ethyl adjacent to an activating group) is 1. The Morgan fingerprint density at radius 2 is 1.82 bits per heavy atom. The molecule has 0 saturated carbocycles. The first-order chi connectivity index (χ1) is 18.5. The van der Waals surface area contributed by atoms with Gasteiger partial charge in [0.05, 0.1) is 12.2 Å². The van der Waals surface area contributed by atoms with E-state index in [1.54, 1.807) is 49.4 Å². The first kappa shape index (κ1) is 28.8. The monoisotopic (exact) mass is 552 g/mol. The van der Waals surface area contributed by atoms with Crippen LogP contribution in [0, 0.1) is 12.8 Å². The molecule has 4 rings (SSSR count). The Kier molecular flexibility index (Phi) is 8.76. The summed E-state index contributed by atoms with van der Waals surface area (Å²) in [5.41, 5.74) is 4.12. The minimum atomic E-state index is -3.92. The van der Waals surface area contributed by atoms with Crippen LogP contribution >= 0.6 is 0 Å². The van der Waals surface area contributed by atoms with Crippen LogP contribution < -0.4 is 4.74 Å². The number of fused-ring (bicyclic) bond motifs is 1. The fourth-order valence-corrected chi connectivity index (χ4v) is 6.77. The summed E-state index contributed by atoms with van der Waals surface area (Å²) in [6, 6.07) is 19.3. The lowest BCUT2D eigenvalue weighted by molar-refractivity contribution is 0.0697. The summed E-state index contributed by atoms with van der Waals surface area (Å²) in [6.45, 7) is 6.67. The number of hydrogen-bond acceptors (Lipinski definition) is 6. The molecule has 3 aromatic carbocycles. The third-order valence-corrected chi connectivity index (χ3v) is 9.29. The van der Waals surface area contributed by atoms with Gasteiger partial charge in [-0.1, -0.05) is 49.4 Å². The van der Waals surface area contributed by atoms with Gasteiger partial charge in [0.2, 0.25) is 10.0 Å². The molecule has 0 saturated heterocycles. The van der Waals surface area contributed by atoms with E-state index in [4.69, 9.17) is 9.84 Å². The normalized spacial score (nSPS) is 19.9. The minimum Gasteiger partial charge on any atom is -0.487 e. The molecule has 0 spiro atoms. The molecule has 1 heterocycles. The molecule has 0 amide bonds. The molecule has 8 nitrogen and oxygen atoms in total. The van der Waals surface area contributed by atoms with E-state index in [1.165, 1.54) is 4.31 Å². The maximum absolute atomic E-state index is 13.8. The summed E-state index contributed by atoms with van der Waals surface area (Å²) < 4.78 is 35.4. The van der Waals surface area contributed by atoms with Crippen LogP contribution in [0.3, 0.4) is 0 Å². The van der Waals surface area contributed by atoms with E-state index in [-0.39, 0.29) is 35.6 Å². The summed E-state index contributed by atoms with van der Waals surface area (Å²) >= 11 is 0. The average Bonchev–Trinajstić information content (AvgIpc) is 2.90. The Morgan fingerprint density at radius 1 is 1.13 bits per heavy atom. The molecule has 0 aliphatic carbocycles. The second-order valence-electron chi connectivity index (χ2n) is 10.4. The van der Waals surface area contributed by atoms with Gasteiger partial charge in [-0.3, -0.25) is 4.90 Å². The van der Waals surface area contributed by atoms with Crippen molar-refractivity contribution in [3.05, 3.63) is 83.4 Å². The van der Waals surface area contributed by atoms with E-state index in [9.17, 15) is 18.3 Å². The van der Waals surface area contributed by atoms with Crippen molar-refractivity contribution in [1.82, 2.24) is 9.21 Å². The number of hydrogen-bond donors (Lipinski definition) is 2. The van der Waals surface area contributed by atoms with Crippen molar-refractivity contribution in [3.63, 3.8) is 0 Å². The summed E-state index contributed by atoms with van der Waals surface area (Å²) in [5, 5.41) is 19.1. The van der Waals surface area contributed by atoms with Gasteiger partial charge in [-0.25, -0.2) is 13.2 Å². The molecule has 1 aliphatic heterocycles. The van der Waals surface area contributed by atoms with Crippen molar-refractivity contribution < 1.29 is 28.2 Å². The number of sulfonamides is 1. The summed E-state index contributed by atoms with van der Waals surface area (Å²) in [4.78, 5) is 13.3. The van der Waals surface area contributed by atoms with Gasteiger partial charge in [-0.15, -0.1) is 0 Å². The van der Waals surface area contributed by atoms with Crippen LogP contribution in [-0.4, -0.2) is 72.7 Å². The Balaban J connectivity index is 1.69. The molecule has 0 unspecified atom stereocenters. The number of ether oxygens (including phenoxy) is 1. The van der Waals surface area contributed by atoms with Gasteiger partial charge in [-0.05, 0) is 67.4 Å². The first-order valence-electron chi connectivity index (χ1n) is 13.0. The molecule has 3 aromatic rings. The first-order valence-corrected chi connectivity index (χ1v) is 14.5. The van der Waals surface area contributed by atoms with E-state index >= 15 is 0 Å². The quantitative estimate of drug-likeness (QED) is 0.430. The topological polar surface area (TPSA) is 107 Å². The van der Waals surface area contributed by atoms with Crippen molar-refractivity contribution in [2.45, 2.75) is 44.4 Å². The predicted octanol–water partition coefficient (Wildman–Crippen LogP) is 4.26. The third-order valence-electron chi connectivity index (χ3n) is 7.27. The van der Waals surface area contributed by atoms with Gasteiger partial charge in [0.1, 0.15) is 16.7 Å². The third kappa shape index (κ3) is 6.33. The molecule has 0 fully saturated rings. The average molecular weight is 553 g/mol. The SMILES string of the molecule is Cc1ccccc1-c1ccc2c(c1)O[C@@H](CN(C)Cc1ccc(C(=O)O)cc1)[C@H](C)CN([C@@H](C)CO)S2(=O)=O. The zero-order valence-electron chi connectivity index (χ0n) is 22.7. The van der Waals surface area contributed by atoms with Crippen molar-refractivity contribution in [3.8, 4) is 16.9 Å². The lowest BCUT2D eigenvalue weighted by atomic mass is 10.00. The van der Waals surface area contributed by atoms with Crippen molar-refractivity contribution in [1.29, 1.82) is 0 Å². The van der Waals surface area contributed by atoms with Gasteiger partial charge in [0.15, 0.2) is 0 Å². The van der Waals surface area contributed by atoms with Crippen molar-refractivity contribution in [2.75, 3.05) is 26.7 Å². The molecule has 0 aromatic heterocycles. The van der Waals surface area contributed by atoms with Crippen LogP contribution in [0.5, 0.6) is 5.75 Å². The van der Waals surface area contributed by atoms with Crippen LogP contribution in [0.15, 0.2) is 71.6 Å². The van der Waals surface area contributed by atoms with E-state index in [0.29, 0.717) is 18.8 Å². The van der Waals surface area contributed by atoms with Crippen LogP contribution in [0.1, 0.15) is 35.3 Å². The van der Waals surface area contributed by atoms with Gasteiger partial charge >= 0.3 is 5.97 Å². The fourth-order valence-electron chi connectivity index (χ4n) is 4.94. The fraction of sp³-hybridized carbons (Fsp3) is 0.367. The van der Waals surface area contributed by atoms with Crippen LogP contribution in [-0.2, 0) is 16.6 Å². The van der Waals surface area contributed by atoms with Crippen molar-refractivity contribution in [2.24, 2.45) is 5.92 Å². The number of rotatable bonds is 8. The maximum Gasteiger partial charge on any atom is 0.335 e. The van der Waals surface area contributed by atoms with Gasteiger partial charge in [-0.2, -0.15) is 4.31 Å². The molecule has 0 bridgehead atoms. The summed E-state index contributed by atoms with van der Waals surface area (Å²) in [6.07, 6.45) is -0.344. The Labute approximate surface area is 230 Å². The number of aryl methyl sites for hydroxylation is 1. The zero-order valence-corrected chi connectivity index (χ0v) is 23.6. The van der Waals surface area contributed by atoms with E-state index in [2.05, 4.69) is 4.90 Å². The Bertz CT molecular complexity index is 1420. The number of aliphatic hydroxyl groups excluding tert-OH is 1. The molecule has 39 heavy (non-hydrogen) atoms. The summed E-state index contributed by atoms with van der Waals surface area (Å²) in [7, 11) is -1.97. The van der Waals surface area contributed by atoms with E-state index < -0.39 is 22.0 Å². The standard InChI is InChI=1S/C30H36N2O6S/c1-20-7-5-6-8-26(20)25-13-14-29-27(15-25)38-28(21(2)16-32(22(3)19-33)39(29,36)37)18-31(4)17-23-9-11-24(12-10-23)30(34)35/h5-15,21-22,28,33H,16-19H2,1-4H3,(H,34,35)/t21-,22+,28+/m1/s1. The van der Waals surface area contributed by atoms with Crippen LogP contribution in [0.25, 0.3) is 11.1 Å². The second-order valence-corrected chi connectivity index (χ2v) is 12.3. The Morgan fingerprint density at radius 3 is 2.46 bits per heavy atom. The largest absolute Gasteiger partial charge is 0.487 e. The smallest absolute Gasteiger partial charge is 0.335 e. The number of carbonyl (C=O) groups is 1. The minimum absolute atomic E-state index is 0.0870.